The Balaban J connectivity index is 2.14. The van der Waals surface area contributed by atoms with E-state index in [1.165, 1.54) is 0 Å². The van der Waals surface area contributed by atoms with Crippen LogP contribution in [0.1, 0.15) is 18.4 Å². The maximum atomic E-state index is 9.11. The summed E-state index contributed by atoms with van der Waals surface area (Å²) in [7, 11) is 0. The number of halogens is 1. The first kappa shape index (κ1) is 12.0. The highest BCUT2D eigenvalue weighted by molar-refractivity contribution is 9.10. The average Bonchev–Trinajstić information content (AvgIpc) is 2.31. The van der Waals surface area contributed by atoms with Crippen molar-refractivity contribution < 1.29 is 4.74 Å². The second-order valence-electron chi connectivity index (χ2n) is 3.65. The highest BCUT2D eigenvalue weighted by Crippen LogP contribution is 2.34. The predicted octanol–water partition coefficient (Wildman–Crippen LogP) is 3.59. The van der Waals surface area contributed by atoms with Gasteiger partial charge in [-0.3, -0.25) is 0 Å². The lowest BCUT2D eigenvalue weighted by molar-refractivity contribution is 0.100. The molecule has 0 radical (unpaired) electrons. The largest absolute Gasteiger partial charge is 0.381 e. The molecule has 0 aliphatic carbocycles. The fourth-order valence-electron chi connectivity index (χ4n) is 1.68. The van der Waals surface area contributed by atoms with E-state index < -0.39 is 0 Å². The summed E-state index contributed by atoms with van der Waals surface area (Å²) in [6, 6.07) is 8.16. The molecule has 1 aliphatic heterocycles. The molecule has 0 saturated carbocycles. The number of benzene rings is 1. The van der Waals surface area contributed by atoms with Crippen LogP contribution in [-0.2, 0) is 4.74 Å². The van der Waals surface area contributed by atoms with E-state index >= 15 is 0 Å². The van der Waals surface area contributed by atoms with Crippen molar-refractivity contribution in [2.75, 3.05) is 13.2 Å². The van der Waals surface area contributed by atoms with Gasteiger partial charge in [0.15, 0.2) is 0 Å². The van der Waals surface area contributed by atoms with Crippen LogP contribution < -0.4 is 0 Å². The molecule has 16 heavy (non-hydrogen) atoms. The molecule has 0 bridgehead atoms. The van der Waals surface area contributed by atoms with E-state index in [2.05, 4.69) is 22.0 Å². The number of nitrogens with zero attached hydrogens (tertiary/aromatic N) is 1. The molecule has 1 aliphatic rings. The summed E-state index contributed by atoms with van der Waals surface area (Å²) in [4.78, 5) is 1.07. The maximum Gasteiger partial charge on any atom is 0.101 e. The lowest BCUT2D eigenvalue weighted by atomic mass is 10.2. The molecule has 0 spiro atoms. The third-order valence-electron chi connectivity index (χ3n) is 2.55. The molecule has 84 valence electrons. The van der Waals surface area contributed by atoms with Gasteiger partial charge >= 0.3 is 0 Å². The Labute approximate surface area is 108 Å². The first-order valence-corrected chi connectivity index (χ1v) is 6.91. The molecule has 2 nitrogen and oxygen atoms in total. The van der Waals surface area contributed by atoms with Crippen LogP contribution in [0, 0.1) is 11.3 Å². The Kier molecular flexibility index (Phi) is 4.28. The quantitative estimate of drug-likeness (QED) is 0.836. The van der Waals surface area contributed by atoms with Gasteiger partial charge in [-0.2, -0.15) is 5.26 Å². The summed E-state index contributed by atoms with van der Waals surface area (Å²) in [5, 5.41) is 9.69. The van der Waals surface area contributed by atoms with Gasteiger partial charge in [-0.05, 0) is 40.9 Å². The van der Waals surface area contributed by atoms with Crippen molar-refractivity contribution >= 4 is 27.7 Å². The van der Waals surface area contributed by atoms with Gasteiger partial charge in [0.05, 0.1) is 5.56 Å². The van der Waals surface area contributed by atoms with Crippen molar-refractivity contribution in [2.45, 2.75) is 23.0 Å². The van der Waals surface area contributed by atoms with Gasteiger partial charge in [0.1, 0.15) is 6.07 Å². The Bertz CT molecular complexity index is 410. The van der Waals surface area contributed by atoms with Gasteiger partial charge in [-0.15, -0.1) is 11.8 Å². The van der Waals surface area contributed by atoms with Crippen LogP contribution in [0.4, 0.5) is 0 Å². The minimum Gasteiger partial charge on any atom is -0.381 e. The summed E-state index contributed by atoms with van der Waals surface area (Å²) >= 11 is 5.21. The van der Waals surface area contributed by atoms with E-state index in [9.17, 15) is 0 Å². The monoisotopic (exact) mass is 297 g/mol. The molecular formula is C12H12BrNOS. The van der Waals surface area contributed by atoms with E-state index in [1.54, 1.807) is 11.8 Å². The van der Waals surface area contributed by atoms with Crippen molar-refractivity contribution in [3.8, 4) is 6.07 Å². The lowest BCUT2D eigenvalue weighted by Gasteiger charge is -2.21. The van der Waals surface area contributed by atoms with E-state index in [1.807, 2.05) is 18.2 Å². The van der Waals surface area contributed by atoms with Gasteiger partial charge in [0, 0.05) is 27.8 Å². The van der Waals surface area contributed by atoms with Crippen molar-refractivity contribution in [1.82, 2.24) is 0 Å². The van der Waals surface area contributed by atoms with Crippen molar-refractivity contribution in [3.63, 3.8) is 0 Å². The molecule has 1 saturated heterocycles. The second kappa shape index (κ2) is 5.72. The van der Waals surface area contributed by atoms with Gasteiger partial charge in [-0.25, -0.2) is 0 Å². The van der Waals surface area contributed by atoms with Gasteiger partial charge in [0.2, 0.25) is 0 Å². The number of hydrogen-bond donors (Lipinski definition) is 0. The van der Waals surface area contributed by atoms with Crippen LogP contribution in [0.5, 0.6) is 0 Å². The molecule has 4 heteroatoms. The summed E-state index contributed by atoms with van der Waals surface area (Å²) in [5.74, 6) is 0. The Morgan fingerprint density at radius 2 is 2.12 bits per heavy atom. The van der Waals surface area contributed by atoms with E-state index in [0.717, 1.165) is 41.0 Å². The standard InChI is InChI=1S/C12H12BrNOS/c13-11-2-1-3-12(10(11)8-14)16-9-4-6-15-7-5-9/h1-3,9H,4-7H2. The smallest absolute Gasteiger partial charge is 0.101 e. The van der Waals surface area contributed by atoms with Crippen LogP contribution in [0.2, 0.25) is 0 Å². The minimum atomic E-state index is 0.579. The topological polar surface area (TPSA) is 33.0 Å². The Hall–Kier alpha value is -0.500. The van der Waals surface area contributed by atoms with Crippen LogP contribution in [0.3, 0.4) is 0 Å². The average molecular weight is 298 g/mol. The number of ether oxygens (including phenoxy) is 1. The van der Waals surface area contributed by atoms with Gasteiger partial charge < -0.3 is 4.74 Å². The maximum absolute atomic E-state index is 9.11. The molecule has 2 rings (SSSR count). The Morgan fingerprint density at radius 1 is 1.38 bits per heavy atom. The SMILES string of the molecule is N#Cc1c(Br)cccc1SC1CCOCC1. The fraction of sp³-hybridized carbons (Fsp3) is 0.417. The Morgan fingerprint density at radius 3 is 2.81 bits per heavy atom. The number of hydrogen-bond acceptors (Lipinski definition) is 3. The molecule has 1 fully saturated rings. The molecule has 0 atom stereocenters. The molecule has 0 aromatic heterocycles. The number of thioether (sulfide) groups is 1. The van der Waals surface area contributed by atoms with E-state index in [4.69, 9.17) is 10.00 Å². The second-order valence-corrected chi connectivity index (χ2v) is 5.85. The minimum absolute atomic E-state index is 0.579. The zero-order valence-corrected chi connectivity index (χ0v) is 11.2. The van der Waals surface area contributed by atoms with E-state index in [-0.39, 0.29) is 0 Å². The molecule has 0 amide bonds. The predicted molar refractivity (Wildman–Crippen MR) is 68.6 cm³/mol. The lowest BCUT2D eigenvalue weighted by Crippen LogP contribution is -2.17. The van der Waals surface area contributed by atoms with Crippen molar-refractivity contribution in [2.24, 2.45) is 0 Å². The molecular weight excluding hydrogens is 286 g/mol. The zero-order chi connectivity index (χ0) is 11.4. The van der Waals surface area contributed by atoms with E-state index in [0.29, 0.717) is 5.25 Å². The normalized spacial score (nSPS) is 17.0. The fourth-order valence-corrected chi connectivity index (χ4v) is 3.49. The summed E-state index contributed by atoms with van der Waals surface area (Å²) in [5.41, 5.74) is 0.749. The van der Waals surface area contributed by atoms with Crippen molar-refractivity contribution in [3.05, 3.63) is 28.2 Å². The van der Waals surface area contributed by atoms with Crippen LogP contribution >= 0.6 is 27.7 Å². The van der Waals surface area contributed by atoms with Crippen LogP contribution in [0.15, 0.2) is 27.6 Å². The highest BCUT2D eigenvalue weighted by atomic mass is 79.9. The summed E-state index contributed by atoms with van der Waals surface area (Å²) in [6.45, 7) is 1.68. The molecule has 1 aromatic carbocycles. The van der Waals surface area contributed by atoms with Crippen molar-refractivity contribution in [1.29, 1.82) is 5.26 Å². The summed E-state index contributed by atoms with van der Waals surface area (Å²) in [6.07, 6.45) is 2.14. The first-order chi connectivity index (χ1) is 7.81. The molecule has 1 heterocycles. The molecule has 0 N–H and O–H groups in total. The molecule has 0 unspecified atom stereocenters. The number of rotatable bonds is 2. The van der Waals surface area contributed by atoms with Crippen LogP contribution in [-0.4, -0.2) is 18.5 Å². The van der Waals surface area contributed by atoms with Crippen LogP contribution in [0.25, 0.3) is 0 Å². The first-order valence-electron chi connectivity index (χ1n) is 5.24. The van der Waals surface area contributed by atoms with Gasteiger partial charge in [-0.1, -0.05) is 6.07 Å². The summed E-state index contributed by atoms with van der Waals surface area (Å²) < 4.78 is 6.21. The zero-order valence-electron chi connectivity index (χ0n) is 8.78. The highest BCUT2D eigenvalue weighted by Gasteiger charge is 2.17. The molecule has 1 aromatic rings. The third-order valence-corrected chi connectivity index (χ3v) is 4.61. The number of nitriles is 1. The van der Waals surface area contributed by atoms with Gasteiger partial charge in [0.25, 0.3) is 0 Å². The third kappa shape index (κ3) is 2.79.